The van der Waals surface area contributed by atoms with Crippen LogP contribution in [0.5, 0.6) is 0 Å². The first-order valence-corrected chi connectivity index (χ1v) is 11.0. The zero-order valence-electron chi connectivity index (χ0n) is 16.1. The van der Waals surface area contributed by atoms with Crippen LogP contribution in [-0.4, -0.2) is 18.0 Å². The second kappa shape index (κ2) is 5.68. The highest BCUT2D eigenvalue weighted by Gasteiger charge is 2.65. The zero-order valence-corrected chi connectivity index (χ0v) is 16.1. The lowest BCUT2D eigenvalue weighted by molar-refractivity contribution is -0.136. The van der Waals surface area contributed by atoms with Crippen LogP contribution < -0.4 is 0 Å². The van der Waals surface area contributed by atoms with Gasteiger partial charge in [0, 0.05) is 13.0 Å². The quantitative estimate of drug-likeness (QED) is 0.645. The third-order valence-electron chi connectivity index (χ3n) is 9.39. The van der Waals surface area contributed by atoms with Crippen molar-refractivity contribution in [2.24, 2.45) is 35.0 Å². The molecular weight excluding hydrogens is 308 g/mol. The van der Waals surface area contributed by atoms with Gasteiger partial charge in [-0.2, -0.15) is 0 Å². The van der Waals surface area contributed by atoms with Crippen LogP contribution in [0.2, 0.25) is 0 Å². The molecule has 0 bridgehead atoms. The largest absolute Gasteiger partial charge is 0.374 e. The maximum absolute atomic E-state index is 12.0. The fraction of sp³-hybridized carbons (Fsp3) is 0.870. The number of allylic oxidation sites excluding steroid dienone is 1. The molecule has 0 amide bonds. The van der Waals surface area contributed by atoms with Crippen molar-refractivity contribution in [2.45, 2.75) is 83.7 Å². The number of carbonyl (C=O) groups is 1. The highest BCUT2D eigenvalue weighted by atomic mass is 16.5. The van der Waals surface area contributed by atoms with Crippen molar-refractivity contribution in [3.8, 4) is 0 Å². The molecule has 7 atom stereocenters. The molecule has 0 aromatic rings. The van der Waals surface area contributed by atoms with Crippen molar-refractivity contribution < 1.29 is 9.53 Å². The maximum Gasteiger partial charge on any atom is 0.155 e. The lowest BCUT2D eigenvalue weighted by Gasteiger charge is -2.58. The van der Waals surface area contributed by atoms with Crippen LogP contribution in [0.3, 0.4) is 0 Å². The van der Waals surface area contributed by atoms with Crippen LogP contribution in [0.4, 0.5) is 0 Å². The van der Waals surface area contributed by atoms with Crippen molar-refractivity contribution >= 4 is 5.78 Å². The van der Waals surface area contributed by atoms with Crippen LogP contribution in [0, 0.1) is 35.0 Å². The summed E-state index contributed by atoms with van der Waals surface area (Å²) >= 11 is 0. The monoisotopic (exact) mass is 342 g/mol. The third-order valence-corrected chi connectivity index (χ3v) is 9.39. The van der Waals surface area contributed by atoms with Crippen LogP contribution in [0.1, 0.15) is 78.1 Å². The predicted octanol–water partition coefficient (Wildman–Crippen LogP) is 5.31. The topological polar surface area (TPSA) is 26.3 Å². The van der Waals surface area contributed by atoms with Crippen molar-refractivity contribution in [1.29, 1.82) is 0 Å². The van der Waals surface area contributed by atoms with E-state index >= 15 is 0 Å². The standard InChI is InChI=1S/C23H34O2/c1-3-15-13-16-14-17(24)5-6-18(16)19-7-10-22(2)20(21(15)19)8-11-23(22)9-4-12-25-23/h14-15,18-21H,3-13H2,1-2H3/t15-,18-,19?,20?,21?,22-,23-/m0/s1. The Labute approximate surface area is 152 Å². The van der Waals surface area contributed by atoms with Gasteiger partial charge >= 0.3 is 0 Å². The molecule has 2 heteroatoms. The Morgan fingerprint density at radius 2 is 2.08 bits per heavy atom. The average molecular weight is 343 g/mol. The highest BCUT2D eigenvalue weighted by molar-refractivity contribution is 5.91. The van der Waals surface area contributed by atoms with Crippen LogP contribution >= 0.6 is 0 Å². The van der Waals surface area contributed by atoms with E-state index in [1.807, 2.05) is 0 Å². The molecule has 0 N–H and O–H groups in total. The molecule has 138 valence electrons. The zero-order chi connectivity index (χ0) is 17.2. The molecule has 3 unspecified atom stereocenters. The van der Waals surface area contributed by atoms with Gasteiger partial charge in [0.2, 0.25) is 0 Å². The summed E-state index contributed by atoms with van der Waals surface area (Å²) in [5.74, 6) is 4.47. The van der Waals surface area contributed by atoms with Gasteiger partial charge in [-0.05, 0) is 92.4 Å². The highest BCUT2D eigenvalue weighted by Crippen LogP contribution is 2.68. The summed E-state index contributed by atoms with van der Waals surface area (Å²) in [4.78, 5) is 12.0. The van der Waals surface area contributed by atoms with E-state index in [2.05, 4.69) is 19.9 Å². The van der Waals surface area contributed by atoms with Gasteiger partial charge in [0.05, 0.1) is 5.60 Å². The minimum Gasteiger partial charge on any atom is -0.374 e. The molecule has 25 heavy (non-hydrogen) atoms. The molecule has 1 aliphatic heterocycles. The first-order chi connectivity index (χ1) is 12.1. The first-order valence-electron chi connectivity index (χ1n) is 11.0. The summed E-state index contributed by atoms with van der Waals surface area (Å²) in [6, 6.07) is 0. The Morgan fingerprint density at radius 1 is 1.20 bits per heavy atom. The van der Waals surface area contributed by atoms with E-state index in [0.717, 1.165) is 49.0 Å². The van der Waals surface area contributed by atoms with E-state index in [1.54, 1.807) is 0 Å². The Morgan fingerprint density at radius 3 is 2.84 bits per heavy atom. The fourth-order valence-electron chi connectivity index (χ4n) is 8.23. The summed E-state index contributed by atoms with van der Waals surface area (Å²) in [7, 11) is 0. The smallest absolute Gasteiger partial charge is 0.155 e. The Balaban J connectivity index is 1.51. The second-order valence-corrected chi connectivity index (χ2v) is 9.99. The first kappa shape index (κ1) is 16.5. The molecular formula is C23H34O2. The number of hydrogen-bond acceptors (Lipinski definition) is 2. The molecule has 4 fully saturated rings. The molecule has 3 saturated carbocycles. The summed E-state index contributed by atoms with van der Waals surface area (Å²) in [6.07, 6.45) is 14.4. The van der Waals surface area contributed by atoms with Crippen molar-refractivity contribution in [1.82, 2.24) is 0 Å². The molecule has 0 aromatic heterocycles. The van der Waals surface area contributed by atoms with E-state index in [-0.39, 0.29) is 5.60 Å². The SMILES string of the molecule is CC[C@H]1CC2=CC(=O)CC[C@@H]2C2CC[C@@]3(C)C(CC[C@@]34CCCO4)C21. The van der Waals surface area contributed by atoms with E-state index in [4.69, 9.17) is 4.74 Å². The summed E-state index contributed by atoms with van der Waals surface area (Å²) < 4.78 is 6.49. The third kappa shape index (κ3) is 2.16. The number of carbonyl (C=O) groups excluding carboxylic acids is 1. The normalized spacial score (nSPS) is 51.8. The number of ether oxygens (including phenoxy) is 1. The van der Waals surface area contributed by atoms with Crippen molar-refractivity contribution in [3.63, 3.8) is 0 Å². The van der Waals surface area contributed by atoms with Gasteiger partial charge in [-0.25, -0.2) is 0 Å². The molecule has 0 radical (unpaired) electrons. The van der Waals surface area contributed by atoms with Gasteiger partial charge in [0.25, 0.3) is 0 Å². The lowest BCUT2D eigenvalue weighted by Crippen LogP contribution is -2.54. The Kier molecular flexibility index (Phi) is 3.76. The molecule has 5 rings (SSSR count). The van der Waals surface area contributed by atoms with E-state index in [1.165, 1.54) is 56.9 Å². The second-order valence-electron chi connectivity index (χ2n) is 9.99. The predicted molar refractivity (Wildman–Crippen MR) is 99.2 cm³/mol. The Bertz CT molecular complexity index is 599. The summed E-state index contributed by atoms with van der Waals surface area (Å²) in [5, 5.41) is 0. The summed E-state index contributed by atoms with van der Waals surface area (Å²) in [6.45, 7) is 5.97. The lowest BCUT2D eigenvalue weighted by atomic mass is 9.47. The summed E-state index contributed by atoms with van der Waals surface area (Å²) in [5.41, 5.74) is 2.14. The molecule has 1 heterocycles. The molecule has 0 aromatic carbocycles. The van der Waals surface area contributed by atoms with Gasteiger partial charge in [0.15, 0.2) is 5.78 Å². The molecule has 2 nitrogen and oxygen atoms in total. The van der Waals surface area contributed by atoms with Gasteiger partial charge in [-0.15, -0.1) is 0 Å². The van der Waals surface area contributed by atoms with Gasteiger partial charge < -0.3 is 4.74 Å². The van der Waals surface area contributed by atoms with Crippen LogP contribution in [0.15, 0.2) is 11.6 Å². The number of hydrogen-bond donors (Lipinski definition) is 0. The van der Waals surface area contributed by atoms with E-state index in [9.17, 15) is 4.79 Å². The van der Waals surface area contributed by atoms with Gasteiger partial charge in [0.1, 0.15) is 0 Å². The number of rotatable bonds is 1. The minimum absolute atomic E-state index is 0.208. The number of ketones is 1. The fourth-order valence-corrected chi connectivity index (χ4v) is 8.23. The molecule has 1 spiro atoms. The van der Waals surface area contributed by atoms with Crippen LogP contribution in [0.25, 0.3) is 0 Å². The molecule has 5 aliphatic rings. The Hall–Kier alpha value is -0.630. The van der Waals surface area contributed by atoms with Crippen molar-refractivity contribution in [2.75, 3.05) is 6.61 Å². The van der Waals surface area contributed by atoms with Gasteiger partial charge in [-0.3, -0.25) is 4.79 Å². The van der Waals surface area contributed by atoms with E-state index in [0.29, 0.717) is 11.2 Å². The molecule has 1 saturated heterocycles. The van der Waals surface area contributed by atoms with E-state index < -0.39 is 0 Å². The van der Waals surface area contributed by atoms with Crippen LogP contribution in [-0.2, 0) is 9.53 Å². The molecule has 4 aliphatic carbocycles. The minimum atomic E-state index is 0.208. The van der Waals surface area contributed by atoms with Crippen molar-refractivity contribution in [3.05, 3.63) is 11.6 Å². The van der Waals surface area contributed by atoms with Gasteiger partial charge in [-0.1, -0.05) is 25.8 Å². The average Bonchev–Trinajstić information content (AvgIpc) is 3.20. The maximum atomic E-state index is 12.0. The number of fused-ring (bicyclic) bond motifs is 6.